The van der Waals surface area contributed by atoms with Crippen molar-refractivity contribution in [1.82, 2.24) is 9.97 Å². The Labute approximate surface area is 98.5 Å². The second kappa shape index (κ2) is 5.25. The molecule has 0 aliphatic rings. The summed E-state index contributed by atoms with van der Waals surface area (Å²) in [6.45, 7) is 0.551. The number of carboxylic acids is 1. The van der Waals surface area contributed by atoms with Gasteiger partial charge < -0.3 is 15.2 Å². The molecule has 0 radical (unpaired) electrons. The first-order valence-corrected chi connectivity index (χ1v) is 5.41. The first-order chi connectivity index (χ1) is 8.27. The third-order valence-corrected chi connectivity index (χ3v) is 2.39. The number of aromatic nitrogens is 2. The monoisotopic (exact) mass is 230 g/mol. The second-order valence-electron chi connectivity index (χ2n) is 3.64. The van der Waals surface area contributed by atoms with Crippen molar-refractivity contribution in [3.8, 4) is 0 Å². The quantitative estimate of drug-likeness (QED) is 0.760. The Hall–Kier alpha value is -2.17. The minimum Gasteiger partial charge on any atom is -0.550 e. The van der Waals surface area contributed by atoms with Crippen LogP contribution in [0.5, 0.6) is 0 Å². The lowest BCUT2D eigenvalue weighted by atomic mass is 10.2. The summed E-state index contributed by atoms with van der Waals surface area (Å²) in [6.07, 6.45) is 2.06. The van der Waals surface area contributed by atoms with E-state index in [4.69, 9.17) is 0 Å². The number of anilines is 1. The number of fused-ring (bicyclic) bond motifs is 1. The molecule has 0 bridgehead atoms. The predicted octanol–water partition coefficient (Wildman–Crippen LogP) is 0.572. The molecule has 1 N–H and O–H groups in total. The van der Waals surface area contributed by atoms with Gasteiger partial charge in [0.2, 0.25) is 0 Å². The highest BCUT2D eigenvalue weighted by Crippen LogP contribution is 2.17. The number of nitrogens with zero attached hydrogens (tertiary/aromatic N) is 2. The number of carbonyl (C=O) groups is 1. The molecule has 0 aliphatic heterocycles. The topological polar surface area (TPSA) is 77.9 Å². The molecule has 0 saturated heterocycles. The molecule has 5 heteroatoms. The second-order valence-corrected chi connectivity index (χ2v) is 3.64. The van der Waals surface area contributed by atoms with Gasteiger partial charge in [-0.3, -0.25) is 0 Å². The van der Waals surface area contributed by atoms with E-state index in [1.165, 1.54) is 6.33 Å². The van der Waals surface area contributed by atoms with E-state index in [1.807, 2.05) is 24.3 Å². The Kier molecular flexibility index (Phi) is 3.49. The number of hydrogen-bond donors (Lipinski definition) is 1. The Morgan fingerprint density at radius 1 is 1.29 bits per heavy atom. The summed E-state index contributed by atoms with van der Waals surface area (Å²) in [4.78, 5) is 18.5. The number of carboxylic acid groups (broad SMARTS) is 1. The van der Waals surface area contributed by atoms with Gasteiger partial charge in [0.05, 0.1) is 5.52 Å². The molecule has 0 fully saturated rings. The maximum atomic E-state index is 10.3. The lowest BCUT2D eigenvalue weighted by Crippen LogP contribution is -2.22. The normalized spacial score (nSPS) is 10.4. The minimum atomic E-state index is -1.03. The zero-order valence-corrected chi connectivity index (χ0v) is 9.22. The van der Waals surface area contributed by atoms with Crippen LogP contribution in [0.2, 0.25) is 0 Å². The molecule has 1 aromatic carbocycles. The average Bonchev–Trinajstić information content (AvgIpc) is 2.34. The lowest BCUT2D eigenvalue weighted by Gasteiger charge is -2.08. The van der Waals surface area contributed by atoms with Gasteiger partial charge in [0.15, 0.2) is 0 Å². The summed E-state index contributed by atoms with van der Waals surface area (Å²) < 4.78 is 0. The van der Waals surface area contributed by atoms with Gasteiger partial charge in [-0.25, -0.2) is 9.97 Å². The molecule has 88 valence electrons. The van der Waals surface area contributed by atoms with E-state index >= 15 is 0 Å². The van der Waals surface area contributed by atoms with E-state index in [2.05, 4.69) is 15.3 Å². The first-order valence-electron chi connectivity index (χ1n) is 5.41. The van der Waals surface area contributed by atoms with Gasteiger partial charge >= 0.3 is 0 Å². The number of para-hydroxylation sites is 1. The molecule has 0 unspecified atom stereocenters. The van der Waals surface area contributed by atoms with Crippen LogP contribution in [0.4, 0.5) is 5.82 Å². The number of nitrogens with one attached hydrogen (secondary N) is 1. The zero-order valence-electron chi connectivity index (χ0n) is 9.22. The molecule has 1 aromatic heterocycles. The van der Waals surface area contributed by atoms with Gasteiger partial charge in [0.1, 0.15) is 12.1 Å². The Morgan fingerprint density at radius 3 is 2.94 bits per heavy atom. The number of benzene rings is 1. The highest BCUT2D eigenvalue weighted by atomic mass is 16.4. The fourth-order valence-electron chi connectivity index (χ4n) is 1.59. The predicted molar refractivity (Wildman–Crippen MR) is 62.3 cm³/mol. The fourth-order valence-corrected chi connectivity index (χ4v) is 1.59. The van der Waals surface area contributed by atoms with Crippen molar-refractivity contribution in [2.75, 3.05) is 11.9 Å². The molecule has 2 rings (SSSR count). The van der Waals surface area contributed by atoms with E-state index in [0.29, 0.717) is 13.0 Å². The number of aliphatic carboxylic acids is 1. The summed E-state index contributed by atoms with van der Waals surface area (Å²) in [5, 5.41) is 14.3. The van der Waals surface area contributed by atoms with E-state index in [1.54, 1.807) is 0 Å². The van der Waals surface area contributed by atoms with E-state index in [9.17, 15) is 9.90 Å². The number of hydrogen-bond acceptors (Lipinski definition) is 5. The number of rotatable bonds is 5. The summed E-state index contributed by atoms with van der Waals surface area (Å²) in [5.41, 5.74) is 0.866. The maximum absolute atomic E-state index is 10.3. The molecule has 0 amide bonds. The molecule has 0 saturated carbocycles. The summed E-state index contributed by atoms with van der Waals surface area (Å²) in [5.74, 6) is -0.298. The highest BCUT2D eigenvalue weighted by Gasteiger charge is 2.01. The van der Waals surface area contributed by atoms with Crippen LogP contribution in [0, 0.1) is 0 Å². The summed E-state index contributed by atoms with van der Waals surface area (Å²) in [7, 11) is 0. The fraction of sp³-hybridized carbons (Fsp3) is 0.250. The van der Waals surface area contributed by atoms with Crippen LogP contribution in [0.3, 0.4) is 0 Å². The van der Waals surface area contributed by atoms with Crippen molar-refractivity contribution < 1.29 is 9.90 Å². The largest absolute Gasteiger partial charge is 0.550 e. The number of carbonyl (C=O) groups excluding carboxylic acids is 1. The van der Waals surface area contributed by atoms with Crippen molar-refractivity contribution in [3.05, 3.63) is 30.6 Å². The minimum absolute atomic E-state index is 0.0516. The van der Waals surface area contributed by atoms with Gasteiger partial charge in [-0.15, -0.1) is 0 Å². The van der Waals surface area contributed by atoms with E-state index < -0.39 is 5.97 Å². The molecule has 0 spiro atoms. The van der Waals surface area contributed by atoms with Crippen LogP contribution >= 0.6 is 0 Å². The van der Waals surface area contributed by atoms with Crippen LogP contribution in [-0.4, -0.2) is 22.5 Å². The van der Waals surface area contributed by atoms with E-state index in [0.717, 1.165) is 16.7 Å². The van der Waals surface area contributed by atoms with Crippen molar-refractivity contribution in [2.24, 2.45) is 0 Å². The lowest BCUT2D eigenvalue weighted by molar-refractivity contribution is -0.305. The SMILES string of the molecule is O=C([O-])CCCNc1ncnc2ccccc12. The maximum Gasteiger partial charge on any atom is 0.137 e. The third kappa shape index (κ3) is 2.90. The molecular weight excluding hydrogens is 218 g/mol. The average molecular weight is 230 g/mol. The first kappa shape index (κ1) is 11.3. The Morgan fingerprint density at radius 2 is 2.12 bits per heavy atom. The summed E-state index contributed by atoms with van der Waals surface area (Å²) in [6, 6.07) is 7.66. The van der Waals surface area contributed by atoms with Gasteiger partial charge in [0, 0.05) is 17.9 Å². The van der Waals surface area contributed by atoms with Crippen molar-refractivity contribution in [2.45, 2.75) is 12.8 Å². The summed E-state index contributed by atoms with van der Waals surface area (Å²) >= 11 is 0. The van der Waals surface area contributed by atoms with Gasteiger partial charge in [-0.2, -0.15) is 0 Å². The van der Waals surface area contributed by atoms with Crippen LogP contribution in [0.1, 0.15) is 12.8 Å². The smallest absolute Gasteiger partial charge is 0.137 e. The van der Waals surface area contributed by atoms with Crippen molar-refractivity contribution in [3.63, 3.8) is 0 Å². The van der Waals surface area contributed by atoms with Gasteiger partial charge in [-0.05, 0) is 25.0 Å². The van der Waals surface area contributed by atoms with Crippen molar-refractivity contribution >= 4 is 22.7 Å². The van der Waals surface area contributed by atoms with Gasteiger partial charge in [-0.1, -0.05) is 12.1 Å². The van der Waals surface area contributed by atoms with Crippen LogP contribution in [-0.2, 0) is 4.79 Å². The van der Waals surface area contributed by atoms with Crippen LogP contribution in [0.15, 0.2) is 30.6 Å². The zero-order chi connectivity index (χ0) is 12.1. The standard InChI is InChI=1S/C12H13N3O2/c16-11(17)6-3-7-13-12-9-4-1-2-5-10(9)14-8-15-12/h1-2,4-5,8H,3,6-7H2,(H,16,17)(H,13,14,15)/p-1. The highest BCUT2D eigenvalue weighted by molar-refractivity contribution is 5.88. The Balaban J connectivity index is 2.05. The molecule has 1 heterocycles. The Bertz CT molecular complexity index is 523. The van der Waals surface area contributed by atoms with Crippen molar-refractivity contribution in [1.29, 1.82) is 0 Å². The van der Waals surface area contributed by atoms with Gasteiger partial charge in [0.25, 0.3) is 0 Å². The molecule has 2 aromatic rings. The third-order valence-electron chi connectivity index (χ3n) is 2.39. The molecule has 5 nitrogen and oxygen atoms in total. The molecule has 0 aliphatic carbocycles. The molecule has 17 heavy (non-hydrogen) atoms. The molecule has 0 atom stereocenters. The van der Waals surface area contributed by atoms with Crippen LogP contribution in [0.25, 0.3) is 10.9 Å². The van der Waals surface area contributed by atoms with E-state index in [-0.39, 0.29) is 6.42 Å². The van der Waals surface area contributed by atoms with Crippen LogP contribution < -0.4 is 10.4 Å². The molecular formula is C12H12N3O2-.